The Labute approximate surface area is 195 Å². The number of benzene rings is 1. The van der Waals surface area contributed by atoms with Gasteiger partial charge >= 0.3 is 12.2 Å². The average Bonchev–Trinajstić information content (AvgIpc) is 3.48. The van der Waals surface area contributed by atoms with E-state index < -0.39 is 26.5 Å². The lowest BCUT2D eigenvalue weighted by Crippen LogP contribution is -2.46. The first-order valence-corrected chi connectivity index (χ1v) is 12.8. The SMILES string of the molecule is CS(=O)(=O)c1cc(C(F)(F)F)ccc1OCC1CCN(C(=O)N2CC[C@H](c3ncn[nH]3)C2)CC1. The van der Waals surface area contributed by atoms with Crippen LogP contribution in [0.2, 0.25) is 0 Å². The molecule has 0 saturated carbocycles. The molecule has 0 aliphatic carbocycles. The second-order valence-electron chi connectivity index (χ2n) is 8.76. The Morgan fingerprint density at radius 3 is 2.50 bits per heavy atom. The number of aromatic amines is 1. The minimum atomic E-state index is -4.65. The number of sulfone groups is 1. The highest BCUT2D eigenvalue weighted by molar-refractivity contribution is 7.90. The van der Waals surface area contributed by atoms with E-state index in [0.717, 1.165) is 30.6 Å². The quantitative estimate of drug-likeness (QED) is 0.675. The van der Waals surface area contributed by atoms with E-state index in [-0.39, 0.29) is 30.2 Å². The minimum absolute atomic E-state index is 0.0246. The summed E-state index contributed by atoms with van der Waals surface area (Å²) in [5.41, 5.74) is -1.04. The van der Waals surface area contributed by atoms with E-state index in [9.17, 15) is 26.4 Å². The first kappa shape index (κ1) is 24.3. The molecule has 2 aliphatic rings. The number of halogens is 3. The Kier molecular flexibility index (Phi) is 6.74. The van der Waals surface area contributed by atoms with Crippen molar-refractivity contribution >= 4 is 15.9 Å². The van der Waals surface area contributed by atoms with E-state index in [1.54, 1.807) is 4.90 Å². The Hall–Kier alpha value is -2.83. The average molecular weight is 502 g/mol. The molecule has 186 valence electrons. The van der Waals surface area contributed by atoms with Crippen LogP contribution in [-0.4, -0.2) is 78.5 Å². The van der Waals surface area contributed by atoms with Gasteiger partial charge in [-0.15, -0.1) is 0 Å². The van der Waals surface area contributed by atoms with E-state index in [1.165, 1.54) is 6.33 Å². The molecule has 0 bridgehead atoms. The molecule has 0 spiro atoms. The number of amides is 2. The molecular formula is C21H26F3N5O4S. The highest BCUT2D eigenvalue weighted by atomic mass is 32.2. The van der Waals surface area contributed by atoms with E-state index in [4.69, 9.17) is 4.74 Å². The van der Waals surface area contributed by atoms with Crippen molar-refractivity contribution in [3.05, 3.63) is 35.9 Å². The predicted octanol–water partition coefficient (Wildman–Crippen LogP) is 2.93. The maximum atomic E-state index is 13.0. The maximum absolute atomic E-state index is 13.0. The molecular weight excluding hydrogens is 475 g/mol. The second kappa shape index (κ2) is 9.43. The number of hydrogen-bond acceptors (Lipinski definition) is 6. The first-order valence-electron chi connectivity index (χ1n) is 11.0. The molecule has 1 aromatic heterocycles. The Balaban J connectivity index is 1.30. The van der Waals surface area contributed by atoms with Gasteiger partial charge in [-0.25, -0.2) is 18.2 Å². The normalized spacial score (nSPS) is 20.1. The summed E-state index contributed by atoms with van der Waals surface area (Å²) in [5, 5.41) is 6.72. The fourth-order valence-corrected chi connectivity index (χ4v) is 5.19. The molecule has 0 radical (unpaired) electrons. The molecule has 9 nitrogen and oxygen atoms in total. The van der Waals surface area contributed by atoms with Crippen LogP contribution in [0.25, 0.3) is 0 Å². The molecule has 2 aromatic rings. The van der Waals surface area contributed by atoms with Crippen LogP contribution in [0.4, 0.5) is 18.0 Å². The van der Waals surface area contributed by atoms with Crippen LogP contribution in [0.5, 0.6) is 5.75 Å². The third-order valence-electron chi connectivity index (χ3n) is 6.31. The van der Waals surface area contributed by atoms with Crippen LogP contribution < -0.4 is 4.74 Å². The van der Waals surface area contributed by atoms with Gasteiger partial charge in [0, 0.05) is 38.4 Å². The van der Waals surface area contributed by atoms with Crippen LogP contribution in [0.3, 0.4) is 0 Å². The van der Waals surface area contributed by atoms with E-state index >= 15 is 0 Å². The van der Waals surface area contributed by atoms with Crippen molar-refractivity contribution in [2.24, 2.45) is 5.92 Å². The van der Waals surface area contributed by atoms with Crippen LogP contribution in [0.15, 0.2) is 29.4 Å². The third-order valence-corrected chi connectivity index (χ3v) is 7.43. The zero-order valence-corrected chi connectivity index (χ0v) is 19.4. The summed E-state index contributed by atoms with van der Waals surface area (Å²) in [6.45, 7) is 2.45. The molecule has 34 heavy (non-hydrogen) atoms. The number of ether oxygens (including phenoxy) is 1. The number of nitrogens with one attached hydrogen (secondary N) is 1. The van der Waals surface area contributed by atoms with Gasteiger partial charge in [0.25, 0.3) is 0 Å². The van der Waals surface area contributed by atoms with E-state index in [0.29, 0.717) is 45.1 Å². The molecule has 2 amide bonds. The van der Waals surface area contributed by atoms with Crippen molar-refractivity contribution < 1.29 is 31.1 Å². The number of likely N-dealkylation sites (tertiary alicyclic amines) is 2. The van der Waals surface area contributed by atoms with Crippen molar-refractivity contribution in [2.45, 2.75) is 36.3 Å². The van der Waals surface area contributed by atoms with Crippen molar-refractivity contribution in [3.8, 4) is 5.75 Å². The van der Waals surface area contributed by atoms with Gasteiger partial charge in [0.15, 0.2) is 9.84 Å². The summed E-state index contributed by atoms with van der Waals surface area (Å²) in [4.78, 5) is 20.2. The lowest BCUT2D eigenvalue weighted by atomic mass is 9.98. The summed E-state index contributed by atoms with van der Waals surface area (Å²) >= 11 is 0. The Morgan fingerprint density at radius 1 is 1.18 bits per heavy atom. The molecule has 0 unspecified atom stereocenters. The highest BCUT2D eigenvalue weighted by Crippen LogP contribution is 2.35. The van der Waals surface area contributed by atoms with Crippen LogP contribution in [-0.2, 0) is 16.0 Å². The summed E-state index contributed by atoms with van der Waals surface area (Å²) in [6, 6.07) is 2.45. The van der Waals surface area contributed by atoms with Gasteiger partial charge in [-0.2, -0.15) is 18.3 Å². The number of carbonyl (C=O) groups is 1. The van der Waals surface area contributed by atoms with Crippen LogP contribution >= 0.6 is 0 Å². The van der Waals surface area contributed by atoms with Crippen LogP contribution in [0, 0.1) is 5.92 Å². The molecule has 4 rings (SSSR count). The number of rotatable bonds is 5. The monoisotopic (exact) mass is 501 g/mol. The Morgan fingerprint density at radius 2 is 1.88 bits per heavy atom. The molecule has 2 fully saturated rings. The second-order valence-corrected chi connectivity index (χ2v) is 10.7. The van der Waals surface area contributed by atoms with Gasteiger partial charge in [-0.1, -0.05) is 0 Å². The van der Waals surface area contributed by atoms with Gasteiger partial charge in [0.1, 0.15) is 22.8 Å². The summed E-state index contributed by atoms with van der Waals surface area (Å²) < 4.78 is 68.7. The highest BCUT2D eigenvalue weighted by Gasteiger charge is 2.34. The lowest BCUT2D eigenvalue weighted by Gasteiger charge is -2.34. The molecule has 2 aliphatic heterocycles. The number of hydrogen-bond donors (Lipinski definition) is 1. The molecule has 13 heteroatoms. The number of urea groups is 1. The topological polar surface area (TPSA) is 108 Å². The van der Waals surface area contributed by atoms with Gasteiger partial charge < -0.3 is 14.5 Å². The molecule has 1 atom stereocenters. The fraction of sp³-hybridized carbons (Fsp3) is 0.571. The number of piperidine rings is 1. The third kappa shape index (κ3) is 5.45. The zero-order chi connectivity index (χ0) is 24.5. The van der Waals surface area contributed by atoms with E-state index in [1.807, 2.05) is 4.90 Å². The number of alkyl halides is 3. The number of nitrogens with zero attached hydrogens (tertiary/aromatic N) is 4. The standard InChI is InChI=1S/C21H26F3N5O4S/c1-34(31,32)18-10-16(21(22,23)24)2-3-17(18)33-12-14-4-7-28(8-5-14)20(30)29-9-6-15(11-29)19-25-13-26-27-19/h2-3,10,13-15H,4-9,11-12H2,1H3,(H,25,26,27)/t15-/m0/s1. The zero-order valence-electron chi connectivity index (χ0n) is 18.6. The lowest BCUT2D eigenvalue weighted by molar-refractivity contribution is -0.137. The van der Waals surface area contributed by atoms with Gasteiger partial charge in [0.05, 0.1) is 12.2 Å². The fourth-order valence-electron chi connectivity index (χ4n) is 4.36. The Bertz CT molecular complexity index is 1120. The van der Waals surface area contributed by atoms with Gasteiger partial charge in [-0.3, -0.25) is 5.10 Å². The molecule has 2 saturated heterocycles. The van der Waals surface area contributed by atoms with E-state index in [2.05, 4.69) is 15.2 Å². The molecule has 1 aromatic carbocycles. The van der Waals surface area contributed by atoms with Gasteiger partial charge in [0.2, 0.25) is 0 Å². The number of aromatic nitrogens is 3. The summed E-state index contributed by atoms with van der Waals surface area (Å²) in [7, 11) is -3.91. The van der Waals surface area contributed by atoms with Gasteiger partial charge in [-0.05, 0) is 43.4 Å². The number of carbonyl (C=O) groups excluding carboxylic acids is 1. The minimum Gasteiger partial charge on any atom is -0.492 e. The smallest absolute Gasteiger partial charge is 0.416 e. The van der Waals surface area contributed by atoms with Crippen molar-refractivity contribution in [1.29, 1.82) is 0 Å². The number of H-pyrrole nitrogens is 1. The molecule has 3 heterocycles. The predicted molar refractivity (Wildman–Crippen MR) is 115 cm³/mol. The van der Waals surface area contributed by atoms with Crippen molar-refractivity contribution in [3.63, 3.8) is 0 Å². The van der Waals surface area contributed by atoms with Crippen molar-refractivity contribution in [2.75, 3.05) is 39.0 Å². The maximum Gasteiger partial charge on any atom is 0.416 e. The first-order chi connectivity index (χ1) is 16.0. The molecule has 1 N–H and O–H groups in total. The summed E-state index contributed by atoms with van der Waals surface area (Å²) in [6.07, 6.45) is -0.219. The summed E-state index contributed by atoms with van der Waals surface area (Å²) in [5.74, 6) is 0.886. The largest absolute Gasteiger partial charge is 0.492 e. The van der Waals surface area contributed by atoms with Crippen molar-refractivity contribution in [1.82, 2.24) is 25.0 Å². The van der Waals surface area contributed by atoms with Crippen LogP contribution in [0.1, 0.15) is 36.6 Å².